The number of ether oxygens (including phenoxy) is 3. The summed E-state index contributed by atoms with van der Waals surface area (Å²) >= 11 is 0. The van der Waals surface area contributed by atoms with E-state index in [0.717, 1.165) is 17.1 Å². The summed E-state index contributed by atoms with van der Waals surface area (Å²) in [6.45, 7) is 4.74. The summed E-state index contributed by atoms with van der Waals surface area (Å²) in [5.41, 5.74) is 1.07. The first-order valence-corrected chi connectivity index (χ1v) is 6.18. The van der Waals surface area contributed by atoms with E-state index in [9.17, 15) is 0 Å². The minimum atomic E-state index is 0.0716. The molecule has 0 aliphatic heterocycles. The topological polar surface area (TPSA) is 39.7 Å². The molecule has 18 heavy (non-hydrogen) atoms. The van der Waals surface area contributed by atoms with Gasteiger partial charge >= 0.3 is 0 Å². The van der Waals surface area contributed by atoms with Crippen LogP contribution in [0.4, 0.5) is 0 Å². The molecule has 2 atom stereocenters. The van der Waals surface area contributed by atoms with Crippen LogP contribution in [0.2, 0.25) is 0 Å². The highest BCUT2D eigenvalue weighted by atomic mass is 16.5. The molecule has 1 aromatic rings. The van der Waals surface area contributed by atoms with E-state index in [2.05, 4.69) is 5.32 Å². The first-order valence-electron chi connectivity index (χ1n) is 6.18. The van der Waals surface area contributed by atoms with Crippen LogP contribution < -0.4 is 14.8 Å². The van der Waals surface area contributed by atoms with Gasteiger partial charge in [-0.1, -0.05) is 0 Å². The lowest BCUT2D eigenvalue weighted by molar-refractivity contribution is 0.0486. The monoisotopic (exact) mass is 253 g/mol. The third-order valence-corrected chi connectivity index (χ3v) is 2.99. The Bertz CT molecular complexity index is 368. The fourth-order valence-electron chi connectivity index (χ4n) is 2.08. The van der Waals surface area contributed by atoms with Gasteiger partial charge in [-0.25, -0.2) is 0 Å². The molecule has 1 rings (SSSR count). The summed E-state index contributed by atoms with van der Waals surface area (Å²) in [5.74, 6) is 1.59. The Morgan fingerprint density at radius 1 is 1.22 bits per heavy atom. The van der Waals surface area contributed by atoms with Crippen molar-refractivity contribution in [3.63, 3.8) is 0 Å². The number of methoxy groups -OCH3 is 2. The average Bonchev–Trinajstić information content (AvgIpc) is 2.40. The number of likely N-dealkylation sites (N-methyl/N-ethyl adjacent to an activating group) is 1. The zero-order valence-corrected chi connectivity index (χ0v) is 11.8. The van der Waals surface area contributed by atoms with Crippen LogP contribution in [0.3, 0.4) is 0 Å². The average molecular weight is 253 g/mol. The lowest BCUT2D eigenvalue weighted by Crippen LogP contribution is -2.29. The van der Waals surface area contributed by atoms with Crippen molar-refractivity contribution in [2.24, 2.45) is 0 Å². The number of benzene rings is 1. The summed E-state index contributed by atoms with van der Waals surface area (Å²) < 4.78 is 16.3. The molecule has 0 amide bonds. The van der Waals surface area contributed by atoms with E-state index < -0.39 is 0 Å². The van der Waals surface area contributed by atoms with Crippen LogP contribution in [0.1, 0.15) is 25.5 Å². The molecule has 4 nitrogen and oxygen atoms in total. The molecule has 0 aromatic heterocycles. The molecule has 0 radical (unpaired) electrons. The van der Waals surface area contributed by atoms with E-state index in [-0.39, 0.29) is 12.1 Å². The molecule has 2 unspecified atom stereocenters. The highest BCUT2D eigenvalue weighted by Gasteiger charge is 2.21. The Morgan fingerprint density at radius 3 is 2.44 bits per heavy atom. The highest BCUT2D eigenvalue weighted by Crippen LogP contribution is 2.31. The van der Waals surface area contributed by atoms with Crippen molar-refractivity contribution in [2.45, 2.75) is 26.0 Å². The van der Waals surface area contributed by atoms with Crippen molar-refractivity contribution in [3.8, 4) is 11.5 Å². The number of rotatable bonds is 7. The first kappa shape index (κ1) is 14.8. The van der Waals surface area contributed by atoms with Gasteiger partial charge in [0.1, 0.15) is 11.5 Å². The maximum Gasteiger partial charge on any atom is 0.127 e. The van der Waals surface area contributed by atoms with Gasteiger partial charge in [0.05, 0.1) is 26.4 Å². The van der Waals surface area contributed by atoms with Gasteiger partial charge in [-0.2, -0.15) is 0 Å². The summed E-state index contributed by atoms with van der Waals surface area (Å²) in [6.07, 6.45) is 0.0716. The molecule has 1 N–H and O–H groups in total. The molecule has 0 saturated heterocycles. The SMILES string of the molecule is CCOC(C)C(NC)c1ccc(OC)cc1OC. The van der Waals surface area contributed by atoms with Crippen molar-refractivity contribution in [1.29, 1.82) is 0 Å². The molecule has 0 aliphatic carbocycles. The van der Waals surface area contributed by atoms with Crippen LogP contribution in [0.25, 0.3) is 0 Å². The number of nitrogens with one attached hydrogen (secondary N) is 1. The second-order valence-corrected chi connectivity index (χ2v) is 4.03. The zero-order valence-electron chi connectivity index (χ0n) is 11.8. The van der Waals surface area contributed by atoms with Crippen LogP contribution in [-0.2, 0) is 4.74 Å². The Morgan fingerprint density at radius 2 is 1.94 bits per heavy atom. The van der Waals surface area contributed by atoms with Crippen molar-refractivity contribution in [1.82, 2.24) is 5.32 Å². The quantitative estimate of drug-likeness (QED) is 0.810. The van der Waals surface area contributed by atoms with E-state index in [4.69, 9.17) is 14.2 Å². The summed E-state index contributed by atoms with van der Waals surface area (Å²) in [7, 11) is 5.23. The Balaban J connectivity index is 3.04. The first-order chi connectivity index (χ1) is 8.67. The van der Waals surface area contributed by atoms with Gasteiger partial charge in [-0.15, -0.1) is 0 Å². The Labute approximate surface area is 109 Å². The smallest absolute Gasteiger partial charge is 0.127 e. The van der Waals surface area contributed by atoms with Gasteiger partial charge in [0.2, 0.25) is 0 Å². The Hall–Kier alpha value is -1.26. The van der Waals surface area contributed by atoms with E-state index >= 15 is 0 Å². The molecule has 0 heterocycles. The highest BCUT2D eigenvalue weighted by molar-refractivity contribution is 5.42. The minimum Gasteiger partial charge on any atom is -0.497 e. The summed E-state index contributed by atoms with van der Waals surface area (Å²) in [5, 5.41) is 3.27. The van der Waals surface area contributed by atoms with Gasteiger partial charge in [0, 0.05) is 18.2 Å². The van der Waals surface area contributed by atoms with Crippen LogP contribution in [0.5, 0.6) is 11.5 Å². The predicted molar refractivity (Wildman–Crippen MR) is 72.4 cm³/mol. The molecule has 0 fully saturated rings. The van der Waals surface area contributed by atoms with Gasteiger partial charge in [0.25, 0.3) is 0 Å². The number of hydrogen-bond acceptors (Lipinski definition) is 4. The molecule has 0 spiro atoms. The molecular weight excluding hydrogens is 230 g/mol. The molecular formula is C14H23NO3. The van der Waals surface area contributed by atoms with E-state index in [1.165, 1.54) is 0 Å². The number of hydrogen-bond donors (Lipinski definition) is 1. The third-order valence-electron chi connectivity index (χ3n) is 2.99. The second kappa shape index (κ2) is 7.24. The molecule has 4 heteroatoms. The molecule has 1 aromatic carbocycles. The van der Waals surface area contributed by atoms with Crippen LogP contribution in [0, 0.1) is 0 Å². The summed E-state index contributed by atoms with van der Waals surface area (Å²) in [6, 6.07) is 5.92. The fourth-order valence-corrected chi connectivity index (χ4v) is 2.08. The lowest BCUT2D eigenvalue weighted by atomic mass is 10.0. The van der Waals surface area contributed by atoms with Crippen molar-refractivity contribution in [3.05, 3.63) is 23.8 Å². The Kier molecular flexibility index (Phi) is 5.95. The van der Waals surface area contributed by atoms with Crippen molar-refractivity contribution >= 4 is 0 Å². The normalized spacial score (nSPS) is 14.1. The fraction of sp³-hybridized carbons (Fsp3) is 0.571. The zero-order chi connectivity index (χ0) is 13.5. The standard InChI is InChI=1S/C14H23NO3/c1-6-18-10(2)14(15-3)12-8-7-11(16-4)9-13(12)17-5/h7-10,14-15H,6H2,1-5H3. The molecule has 0 saturated carbocycles. The maximum absolute atomic E-state index is 5.66. The molecule has 0 bridgehead atoms. The van der Waals surface area contributed by atoms with Gasteiger partial charge in [0.15, 0.2) is 0 Å². The van der Waals surface area contributed by atoms with E-state index in [0.29, 0.717) is 6.61 Å². The van der Waals surface area contributed by atoms with Crippen molar-refractivity contribution < 1.29 is 14.2 Å². The molecule has 102 valence electrons. The summed E-state index contributed by atoms with van der Waals surface area (Å²) in [4.78, 5) is 0. The van der Waals surface area contributed by atoms with Gasteiger partial charge < -0.3 is 19.5 Å². The van der Waals surface area contributed by atoms with Crippen LogP contribution in [-0.4, -0.2) is 34.0 Å². The maximum atomic E-state index is 5.66. The third kappa shape index (κ3) is 3.37. The van der Waals surface area contributed by atoms with Crippen LogP contribution >= 0.6 is 0 Å². The lowest BCUT2D eigenvalue weighted by Gasteiger charge is -2.25. The minimum absolute atomic E-state index is 0.0716. The van der Waals surface area contributed by atoms with E-state index in [1.807, 2.05) is 39.1 Å². The van der Waals surface area contributed by atoms with E-state index in [1.54, 1.807) is 14.2 Å². The second-order valence-electron chi connectivity index (χ2n) is 4.03. The van der Waals surface area contributed by atoms with Gasteiger partial charge in [-0.05, 0) is 33.0 Å². The van der Waals surface area contributed by atoms with Crippen molar-refractivity contribution in [2.75, 3.05) is 27.9 Å². The largest absolute Gasteiger partial charge is 0.497 e. The van der Waals surface area contributed by atoms with Crippen LogP contribution in [0.15, 0.2) is 18.2 Å². The molecule has 0 aliphatic rings. The van der Waals surface area contributed by atoms with Gasteiger partial charge in [-0.3, -0.25) is 0 Å². The predicted octanol–water partition coefficient (Wildman–Crippen LogP) is 2.39.